The number of halogens is 1. The molecule has 3 rings (SSSR count). The molecule has 0 amide bonds. The van der Waals surface area contributed by atoms with Crippen LogP contribution in [0.1, 0.15) is 25.0 Å². The normalized spacial score (nSPS) is 13.8. The molecule has 21 heavy (non-hydrogen) atoms. The predicted octanol–water partition coefficient (Wildman–Crippen LogP) is 4.64. The average Bonchev–Trinajstić information content (AvgIpc) is 2.89. The summed E-state index contributed by atoms with van der Waals surface area (Å²) < 4.78 is 1.17. The Bertz CT molecular complexity index is 637. The summed E-state index contributed by atoms with van der Waals surface area (Å²) in [5, 5.41) is 3.46. The van der Waals surface area contributed by atoms with E-state index in [0.717, 1.165) is 19.5 Å². The van der Waals surface area contributed by atoms with E-state index in [2.05, 4.69) is 82.5 Å². The quantitative estimate of drug-likeness (QED) is 0.868. The van der Waals surface area contributed by atoms with Gasteiger partial charge in [0.15, 0.2) is 0 Å². The van der Waals surface area contributed by atoms with Crippen LogP contribution in [-0.2, 0) is 13.0 Å². The summed E-state index contributed by atoms with van der Waals surface area (Å²) >= 11 is 3.75. The van der Waals surface area contributed by atoms with Gasteiger partial charge in [-0.15, -0.1) is 0 Å². The average molecular weight is 345 g/mol. The van der Waals surface area contributed by atoms with Crippen molar-refractivity contribution in [1.29, 1.82) is 0 Å². The van der Waals surface area contributed by atoms with Crippen molar-refractivity contribution in [2.45, 2.75) is 32.9 Å². The lowest BCUT2D eigenvalue weighted by molar-refractivity contribution is 0.589. The zero-order valence-electron chi connectivity index (χ0n) is 12.6. The molecule has 0 aromatic heterocycles. The molecule has 0 radical (unpaired) electrons. The third kappa shape index (κ3) is 3.14. The van der Waals surface area contributed by atoms with E-state index >= 15 is 0 Å². The fourth-order valence-electron chi connectivity index (χ4n) is 2.79. The summed E-state index contributed by atoms with van der Waals surface area (Å²) in [6, 6.07) is 15.9. The number of rotatable bonds is 4. The molecule has 0 saturated heterocycles. The molecule has 0 spiro atoms. The first-order chi connectivity index (χ1) is 10.1. The largest absolute Gasteiger partial charge is 0.340 e. The van der Waals surface area contributed by atoms with Gasteiger partial charge in [0.2, 0.25) is 0 Å². The third-order valence-corrected chi connectivity index (χ3v) is 4.54. The maximum absolute atomic E-state index is 3.75. The number of benzene rings is 2. The Labute approximate surface area is 135 Å². The van der Waals surface area contributed by atoms with Crippen LogP contribution < -0.4 is 10.2 Å². The highest BCUT2D eigenvalue weighted by Gasteiger charge is 2.21. The first-order valence-electron chi connectivity index (χ1n) is 7.52. The van der Waals surface area contributed by atoms with Crippen molar-refractivity contribution in [3.8, 4) is 0 Å². The standard InChI is InChI=1S/C18H21BrN2/c1-13(2)20-12-14-7-8-18(16(19)11-14)21-10-9-15-5-3-4-6-17(15)21/h3-8,11,13,20H,9-10,12H2,1-2H3. The van der Waals surface area contributed by atoms with Gasteiger partial charge < -0.3 is 10.2 Å². The Morgan fingerprint density at radius 2 is 1.95 bits per heavy atom. The fraction of sp³-hybridized carbons (Fsp3) is 0.333. The van der Waals surface area contributed by atoms with E-state index in [-0.39, 0.29) is 0 Å². The number of para-hydroxylation sites is 1. The molecule has 110 valence electrons. The number of hydrogen-bond acceptors (Lipinski definition) is 2. The second-order valence-corrected chi connectivity index (χ2v) is 6.71. The van der Waals surface area contributed by atoms with E-state index in [1.54, 1.807) is 0 Å². The van der Waals surface area contributed by atoms with Crippen molar-refractivity contribution in [1.82, 2.24) is 5.32 Å². The summed E-state index contributed by atoms with van der Waals surface area (Å²) in [6.07, 6.45) is 1.12. The smallest absolute Gasteiger partial charge is 0.0555 e. The third-order valence-electron chi connectivity index (χ3n) is 3.90. The van der Waals surface area contributed by atoms with Gasteiger partial charge in [-0.3, -0.25) is 0 Å². The van der Waals surface area contributed by atoms with Gasteiger partial charge in [-0.05, 0) is 51.7 Å². The number of anilines is 2. The Hall–Kier alpha value is -1.32. The van der Waals surface area contributed by atoms with Crippen molar-refractivity contribution in [3.63, 3.8) is 0 Å². The molecule has 0 atom stereocenters. The monoisotopic (exact) mass is 344 g/mol. The van der Waals surface area contributed by atoms with E-state index < -0.39 is 0 Å². The van der Waals surface area contributed by atoms with Gasteiger partial charge >= 0.3 is 0 Å². The Morgan fingerprint density at radius 1 is 1.14 bits per heavy atom. The fourth-order valence-corrected chi connectivity index (χ4v) is 3.43. The summed E-state index contributed by atoms with van der Waals surface area (Å²) in [5.41, 5.74) is 5.35. The highest BCUT2D eigenvalue weighted by Crippen LogP contribution is 2.38. The molecular weight excluding hydrogens is 324 g/mol. The Kier molecular flexibility index (Phi) is 4.32. The van der Waals surface area contributed by atoms with E-state index in [1.165, 1.54) is 27.0 Å². The maximum atomic E-state index is 3.75. The number of hydrogen-bond donors (Lipinski definition) is 1. The van der Waals surface area contributed by atoms with Crippen LogP contribution in [0, 0.1) is 0 Å². The Morgan fingerprint density at radius 3 is 2.71 bits per heavy atom. The minimum absolute atomic E-state index is 0.508. The minimum atomic E-state index is 0.508. The highest BCUT2D eigenvalue weighted by atomic mass is 79.9. The van der Waals surface area contributed by atoms with E-state index in [0.29, 0.717) is 6.04 Å². The van der Waals surface area contributed by atoms with Crippen LogP contribution in [0.3, 0.4) is 0 Å². The SMILES string of the molecule is CC(C)NCc1ccc(N2CCc3ccccc32)c(Br)c1. The van der Waals surface area contributed by atoms with E-state index in [1.807, 2.05) is 0 Å². The van der Waals surface area contributed by atoms with Crippen LogP contribution in [0.25, 0.3) is 0 Å². The molecule has 2 aromatic rings. The number of nitrogens with one attached hydrogen (secondary N) is 1. The summed E-state index contributed by atoms with van der Waals surface area (Å²) in [4.78, 5) is 2.40. The maximum Gasteiger partial charge on any atom is 0.0555 e. The van der Waals surface area contributed by atoms with Crippen LogP contribution >= 0.6 is 15.9 Å². The van der Waals surface area contributed by atoms with Crippen LogP contribution in [0.5, 0.6) is 0 Å². The van der Waals surface area contributed by atoms with Gasteiger partial charge in [0.25, 0.3) is 0 Å². The first-order valence-corrected chi connectivity index (χ1v) is 8.31. The molecule has 3 heteroatoms. The first kappa shape index (κ1) is 14.6. The van der Waals surface area contributed by atoms with Crippen LogP contribution in [0.2, 0.25) is 0 Å². The molecule has 0 bridgehead atoms. The van der Waals surface area contributed by atoms with Gasteiger partial charge in [0.05, 0.1) is 5.69 Å². The van der Waals surface area contributed by atoms with Crippen molar-refractivity contribution in [3.05, 3.63) is 58.1 Å². The highest BCUT2D eigenvalue weighted by molar-refractivity contribution is 9.10. The number of nitrogens with zero attached hydrogens (tertiary/aromatic N) is 1. The van der Waals surface area contributed by atoms with Crippen LogP contribution in [0.15, 0.2) is 46.9 Å². The summed E-state index contributed by atoms with van der Waals surface area (Å²) in [5.74, 6) is 0. The van der Waals surface area contributed by atoms with Gasteiger partial charge in [-0.1, -0.05) is 38.1 Å². The molecule has 2 aromatic carbocycles. The van der Waals surface area contributed by atoms with E-state index in [4.69, 9.17) is 0 Å². The van der Waals surface area contributed by atoms with Crippen LogP contribution in [0.4, 0.5) is 11.4 Å². The molecule has 0 saturated carbocycles. The van der Waals surface area contributed by atoms with E-state index in [9.17, 15) is 0 Å². The molecule has 0 aliphatic carbocycles. The minimum Gasteiger partial charge on any atom is -0.340 e. The van der Waals surface area contributed by atoms with Crippen molar-refractivity contribution >= 4 is 27.3 Å². The molecule has 1 N–H and O–H groups in total. The lowest BCUT2D eigenvalue weighted by Gasteiger charge is -2.21. The molecule has 1 aliphatic heterocycles. The number of fused-ring (bicyclic) bond motifs is 1. The molecule has 2 nitrogen and oxygen atoms in total. The molecular formula is C18H21BrN2. The second-order valence-electron chi connectivity index (χ2n) is 5.85. The molecule has 1 aliphatic rings. The van der Waals surface area contributed by atoms with Gasteiger partial charge in [0.1, 0.15) is 0 Å². The van der Waals surface area contributed by atoms with Crippen molar-refractivity contribution in [2.24, 2.45) is 0 Å². The zero-order chi connectivity index (χ0) is 14.8. The topological polar surface area (TPSA) is 15.3 Å². The van der Waals surface area contributed by atoms with Crippen LogP contribution in [-0.4, -0.2) is 12.6 Å². The second kappa shape index (κ2) is 6.20. The lowest BCUT2D eigenvalue weighted by atomic mass is 10.1. The predicted molar refractivity (Wildman–Crippen MR) is 93.3 cm³/mol. The van der Waals surface area contributed by atoms with Gasteiger partial charge in [-0.25, -0.2) is 0 Å². The lowest BCUT2D eigenvalue weighted by Crippen LogP contribution is -2.22. The zero-order valence-corrected chi connectivity index (χ0v) is 14.2. The van der Waals surface area contributed by atoms with Gasteiger partial charge in [-0.2, -0.15) is 0 Å². The van der Waals surface area contributed by atoms with Crippen molar-refractivity contribution < 1.29 is 0 Å². The Balaban J connectivity index is 1.84. The van der Waals surface area contributed by atoms with Gasteiger partial charge in [0, 0.05) is 29.3 Å². The molecule has 1 heterocycles. The van der Waals surface area contributed by atoms with Crippen molar-refractivity contribution in [2.75, 3.05) is 11.4 Å². The molecule has 0 unspecified atom stereocenters. The molecule has 0 fully saturated rings. The summed E-state index contributed by atoms with van der Waals surface area (Å²) in [6.45, 7) is 6.31. The summed E-state index contributed by atoms with van der Waals surface area (Å²) in [7, 11) is 0.